The first-order valence-electron chi connectivity index (χ1n) is 10.8. The van der Waals surface area contributed by atoms with Crippen molar-refractivity contribution in [2.75, 3.05) is 40.0 Å². The normalized spacial score (nSPS) is 14.9. The van der Waals surface area contributed by atoms with Crippen LogP contribution < -0.4 is 15.4 Å². The smallest absolute Gasteiger partial charge is 0.191 e. The highest BCUT2D eigenvalue weighted by molar-refractivity contribution is 14.0. The van der Waals surface area contributed by atoms with E-state index in [9.17, 15) is 0 Å². The Morgan fingerprint density at radius 1 is 1.23 bits per heavy atom. The highest BCUT2D eigenvalue weighted by atomic mass is 127. The molecule has 1 aliphatic rings. The van der Waals surface area contributed by atoms with E-state index in [4.69, 9.17) is 14.5 Å². The number of nitrogens with zero attached hydrogens (tertiary/aromatic N) is 2. The predicted octanol–water partition coefficient (Wildman–Crippen LogP) is 4.11. The molecule has 2 N–H and O–H groups in total. The van der Waals surface area contributed by atoms with Gasteiger partial charge >= 0.3 is 0 Å². The molecule has 1 aromatic carbocycles. The lowest BCUT2D eigenvalue weighted by molar-refractivity contribution is 0.0392. The van der Waals surface area contributed by atoms with E-state index in [0.29, 0.717) is 19.2 Å². The van der Waals surface area contributed by atoms with Crippen LogP contribution in [0.2, 0.25) is 0 Å². The Bertz CT molecular complexity index is 767. The topological polar surface area (TPSA) is 58.1 Å². The summed E-state index contributed by atoms with van der Waals surface area (Å²) in [6.07, 6.45) is 2.22. The fourth-order valence-corrected chi connectivity index (χ4v) is 4.09. The zero-order valence-corrected chi connectivity index (χ0v) is 21.7. The highest BCUT2D eigenvalue weighted by Gasteiger charge is 2.17. The van der Waals surface area contributed by atoms with Gasteiger partial charge in [-0.1, -0.05) is 18.2 Å². The van der Waals surface area contributed by atoms with Crippen LogP contribution >= 0.6 is 35.3 Å². The summed E-state index contributed by atoms with van der Waals surface area (Å²) in [5.74, 6) is 1.73. The summed E-state index contributed by atoms with van der Waals surface area (Å²) in [7, 11) is 2.18. The number of halogens is 1. The molecule has 1 fully saturated rings. The highest BCUT2D eigenvalue weighted by Crippen LogP contribution is 2.16. The van der Waals surface area contributed by atoms with Crippen LogP contribution in [-0.4, -0.2) is 56.9 Å². The molecule has 172 valence electrons. The number of aliphatic imine (C=N–C) groups is 1. The van der Waals surface area contributed by atoms with Gasteiger partial charge in [-0.3, -0.25) is 4.90 Å². The van der Waals surface area contributed by atoms with E-state index < -0.39 is 0 Å². The van der Waals surface area contributed by atoms with Gasteiger partial charge in [0.1, 0.15) is 12.4 Å². The minimum atomic E-state index is 0. The third-order valence-electron chi connectivity index (χ3n) is 5.20. The molecule has 0 radical (unpaired) electrons. The number of rotatable bonds is 10. The lowest BCUT2D eigenvalue weighted by Crippen LogP contribution is -2.38. The maximum absolute atomic E-state index is 6.01. The molecule has 1 aromatic heterocycles. The number of ether oxygens (including phenoxy) is 2. The second-order valence-electron chi connectivity index (χ2n) is 7.45. The molecular formula is C23H35IN4O2S. The Morgan fingerprint density at radius 3 is 2.81 bits per heavy atom. The molecule has 2 aromatic rings. The largest absolute Gasteiger partial charge is 0.492 e. The number of likely N-dealkylation sites (N-methyl/N-ethyl adjacent to an activating group) is 1. The average molecular weight is 559 g/mol. The third kappa shape index (κ3) is 9.34. The molecule has 0 amide bonds. The summed E-state index contributed by atoms with van der Waals surface area (Å²) < 4.78 is 11.5. The van der Waals surface area contributed by atoms with Crippen molar-refractivity contribution in [2.45, 2.75) is 38.9 Å². The number of benzene rings is 1. The molecular weight excluding hydrogens is 523 g/mol. The number of guanidine groups is 1. The SMILES string of the molecule is CCNC(=NCc1cccc(OCCN(C)C2CCOCC2)c1)NCc1cccs1.I. The van der Waals surface area contributed by atoms with Gasteiger partial charge in [0.25, 0.3) is 0 Å². The standard InChI is InChI=1S/C23H34N4O2S.HI/c1-3-24-23(26-18-22-8-5-15-30-22)25-17-19-6-4-7-21(16-19)29-14-11-27(2)20-9-12-28-13-10-20;/h4-8,15-16,20H,3,9-14,17-18H2,1-2H3,(H2,24,25,26);1H. The van der Waals surface area contributed by atoms with Crippen molar-refractivity contribution in [3.05, 3.63) is 52.2 Å². The van der Waals surface area contributed by atoms with Crippen LogP contribution in [0, 0.1) is 0 Å². The molecule has 8 heteroatoms. The number of thiophene rings is 1. The first-order valence-corrected chi connectivity index (χ1v) is 11.7. The molecule has 0 aliphatic carbocycles. The summed E-state index contributed by atoms with van der Waals surface area (Å²) >= 11 is 1.75. The summed E-state index contributed by atoms with van der Waals surface area (Å²) in [4.78, 5) is 8.40. The predicted molar refractivity (Wildman–Crippen MR) is 140 cm³/mol. The second kappa shape index (κ2) is 14.7. The molecule has 0 bridgehead atoms. The maximum atomic E-state index is 6.01. The molecule has 2 heterocycles. The molecule has 3 rings (SSSR count). The van der Waals surface area contributed by atoms with Crippen molar-refractivity contribution in [1.82, 2.24) is 15.5 Å². The van der Waals surface area contributed by atoms with Crippen LogP contribution in [0.3, 0.4) is 0 Å². The molecule has 0 saturated carbocycles. The van der Waals surface area contributed by atoms with E-state index in [1.165, 1.54) is 4.88 Å². The summed E-state index contributed by atoms with van der Waals surface area (Å²) in [5.41, 5.74) is 1.14. The summed E-state index contributed by atoms with van der Waals surface area (Å²) in [5, 5.41) is 8.79. The molecule has 31 heavy (non-hydrogen) atoms. The van der Waals surface area contributed by atoms with Crippen LogP contribution in [0.1, 0.15) is 30.2 Å². The van der Waals surface area contributed by atoms with Gasteiger partial charge in [0.05, 0.1) is 13.1 Å². The minimum absolute atomic E-state index is 0. The van der Waals surface area contributed by atoms with Crippen LogP contribution in [0.5, 0.6) is 5.75 Å². The van der Waals surface area contributed by atoms with Crippen molar-refractivity contribution < 1.29 is 9.47 Å². The maximum Gasteiger partial charge on any atom is 0.191 e. The van der Waals surface area contributed by atoms with E-state index in [1.807, 2.05) is 12.1 Å². The first kappa shape index (κ1) is 25.9. The average Bonchev–Trinajstić information content (AvgIpc) is 3.30. The quantitative estimate of drug-likeness (QED) is 0.261. The number of hydrogen-bond donors (Lipinski definition) is 2. The monoisotopic (exact) mass is 558 g/mol. The fraction of sp³-hybridized carbons (Fsp3) is 0.522. The Kier molecular flexibility index (Phi) is 12.2. The van der Waals surface area contributed by atoms with E-state index in [1.54, 1.807) is 11.3 Å². The summed E-state index contributed by atoms with van der Waals surface area (Å²) in [6.45, 7) is 7.65. The van der Waals surface area contributed by atoms with Crippen LogP contribution in [0.15, 0.2) is 46.8 Å². The lowest BCUT2D eigenvalue weighted by Gasteiger charge is -2.31. The van der Waals surface area contributed by atoms with Gasteiger partial charge in [0, 0.05) is 37.2 Å². The molecule has 6 nitrogen and oxygen atoms in total. The zero-order chi connectivity index (χ0) is 21.0. The van der Waals surface area contributed by atoms with Gasteiger partial charge in [-0.2, -0.15) is 0 Å². The van der Waals surface area contributed by atoms with Gasteiger partial charge in [0.15, 0.2) is 5.96 Å². The van der Waals surface area contributed by atoms with Crippen molar-refractivity contribution >= 4 is 41.3 Å². The van der Waals surface area contributed by atoms with Gasteiger partial charge in [-0.05, 0) is 56.0 Å². The minimum Gasteiger partial charge on any atom is -0.492 e. The van der Waals surface area contributed by atoms with Crippen LogP contribution in [0.4, 0.5) is 0 Å². The van der Waals surface area contributed by atoms with E-state index in [2.05, 4.69) is 59.2 Å². The van der Waals surface area contributed by atoms with Crippen molar-refractivity contribution in [1.29, 1.82) is 0 Å². The number of hydrogen-bond acceptors (Lipinski definition) is 5. The van der Waals surface area contributed by atoms with Gasteiger partial charge < -0.3 is 20.1 Å². The zero-order valence-electron chi connectivity index (χ0n) is 18.5. The van der Waals surface area contributed by atoms with Crippen LogP contribution in [0.25, 0.3) is 0 Å². The van der Waals surface area contributed by atoms with Crippen molar-refractivity contribution in [3.63, 3.8) is 0 Å². The Labute approximate surface area is 207 Å². The number of nitrogens with one attached hydrogen (secondary N) is 2. The van der Waals surface area contributed by atoms with E-state index >= 15 is 0 Å². The second-order valence-corrected chi connectivity index (χ2v) is 8.48. The van der Waals surface area contributed by atoms with Gasteiger partial charge in [-0.15, -0.1) is 35.3 Å². The van der Waals surface area contributed by atoms with E-state index in [-0.39, 0.29) is 24.0 Å². The van der Waals surface area contributed by atoms with Crippen LogP contribution in [-0.2, 0) is 17.8 Å². The molecule has 0 atom stereocenters. The lowest BCUT2D eigenvalue weighted by atomic mass is 10.1. The molecule has 0 unspecified atom stereocenters. The Balaban J connectivity index is 0.00000341. The Hall–Kier alpha value is -1.36. The molecule has 1 saturated heterocycles. The Morgan fingerprint density at radius 2 is 2.06 bits per heavy atom. The van der Waals surface area contributed by atoms with E-state index in [0.717, 1.165) is 63.0 Å². The third-order valence-corrected chi connectivity index (χ3v) is 6.08. The fourth-order valence-electron chi connectivity index (χ4n) is 3.45. The van der Waals surface area contributed by atoms with Crippen molar-refractivity contribution in [3.8, 4) is 5.75 Å². The van der Waals surface area contributed by atoms with Gasteiger partial charge in [0.2, 0.25) is 0 Å². The summed E-state index contributed by atoms with van der Waals surface area (Å²) in [6, 6.07) is 13.0. The van der Waals surface area contributed by atoms with Crippen molar-refractivity contribution in [2.24, 2.45) is 4.99 Å². The molecule has 1 aliphatic heterocycles. The molecule has 0 spiro atoms. The van der Waals surface area contributed by atoms with Gasteiger partial charge in [-0.25, -0.2) is 4.99 Å². The first-order chi connectivity index (χ1) is 14.7.